The Labute approximate surface area is 182 Å². The van der Waals surface area contributed by atoms with Gasteiger partial charge in [0.15, 0.2) is 23.9 Å². The van der Waals surface area contributed by atoms with E-state index in [0.717, 1.165) is 16.9 Å². The summed E-state index contributed by atoms with van der Waals surface area (Å²) in [5, 5.41) is 0. The number of hydrogen-bond donors (Lipinski definition) is 0. The van der Waals surface area contributed by atoms with Crippen LogP contribution in [0.2, 0.25) is 0 Å². The third-order valence-corrected chi connectivity index (χ3v) is 5.51. The van der Waals surface area contributed by atoms with E-state index in [0.29, 0.717) is 11.5 Å². The number of esters is 1. The SMILES string of the molecule is COc1cc(OC)c(C(=O)OCC(=O)/C=C2\N(C)c3ccccc3C2(C)C)cc1OC. The molecule has 0 amide bonds. The van der Waals surface area contributed by atoms with E-state index in [9.17, 15) is 9.59 Å². The topological polar surface area (TPSA) is 74.3 Å². The average Bonchev–Trinajstić information content (AvgIpc) is 2.97. The number of hydrogen-bond acceptors (Lipinski definition) is 7. The number of ketones is 1. The fraction of sp³-hybridized carbons (Fsp3) is 0.333. The summed E-state index contributed by atoms with van der Waals surface area (Å²) in [4.78, 5) is 27.3. The molecule has 7 nitrogen and oxygen atoms in total. The predicted octanol–water partition coefficient (Wildman–Crippen LogP) is 3.75. The highest BCUT2D eigenvalue weighted by molar-refractivity contribution is 5.98. The third-order valence-electron chi connectivity index (χ3n) is 5.51. The van der Waals surface area contributed by atoms with Crippen LogP contribution in [0.5, 0.6) is 17.2 Å². The molecule has 164 valence electrons. The zero-order chi connectivity index (χ0) is 22.8. The Morgan fingerprint density at radius 1 is 0.968 bits per heavy atom. The minimum Gasteiger partial charge on any atom is -0.496 e. The molecule has 0 atom stereocenters. The lowest BCUT2D eigenvalue weighted by Crippen LogP contribution is -2.25. The molecule has 2 aromatic rings. The molecular weight excluding hydrogens is 398 g/mol. The van der Waals surface area contributed by atoms with Crippen LogP contribution >= 0.6 is 0 Å². The van der Waals surface area contributed by atoms with Crippen molar-refractivity contribution in [2.75, 3.05) is 39.9 Å². The van der Waals surface area contributed by atoms with E-state index < -0.39 is 5.97 Å². The lowest BCUT2D eigenvalue weighted by Gasteiger charge is -2.23. The average molecular weight is 425 g/mol. The molecule has 0 N–H and O–H groups in total. The molecule has 0 spiro atoms. The van der Waals surface area contributed by atoms with Gasteiger partial charge in [-0.3, -0.25) is 4.79 Å². The Bertz CT molecular complexity index is 1040. The minimum atomic E-state index is -0.688. The molecule has 0 saturated carbocycles. The highest BCUT2D eigenvalue weighted by Gasteiger charge is 2.38. The number of allylic oxidation sites excluding steroid dienone is 1. The van der Waals surface area contributed by atoms with Crippen molar-refractivity contribution >= 4 is 17.4 Å². The van der Waals surface area contributed by atoms with Gasteiger partial charge in [-0.1, -0.05) is 32.0 Å². The Morgan fingerprint density at radius 2 is 1.58 bits per heavy atom. The van der Waals surface area contributed by atoms with Crippen molar-refractivity contribution in [3.8, 4) is 17.2 Å². The van der Waals surface area contributed by atoms with Crippen LogP contribution in [-0.4, -0.2) is 46.7 Å². The molecule has 0 unspecified atom stereocenters. The third kappa shape index (κ3) is 4.08. The van der Waals surface area contributed by atoms with Crippen LogP contribution in [0.1, 0.15) is 29.8 Å². The first kappa shape index (κ1) is 22.2. The van der Waals surface area contributed by atoms with Crippen LogP contribution in [0.25, 0.3) is 0 Å². The number of fused-ring (bicyclic) bond motifs is 1. The van der Waals surface area contributed by atoms with E-state index in [2.05, 4.69) is 19.9 Å². The maximum Gasteiger partial charge on any atom is 0.342 e. The summed E-state index contributed by atoms with van der Waals surface area (Å²) in [6.07, 6.45) is 1.54. The number of likely N-dealkylation sites (N-methyl/N-ethyl adjacent to an activating group) is 1. The summed E-state index contributed by atoms with van der Waals surface area (Å²) >= 11 is 0. The number of benzene rings is 2. The van der Waals surface area contributed by atoms with Crippen LogP contribution in [0, 0.1) is 0 Å². The van der Waals surface area contributed by atoms with Gasteiger partial charge in [0.1, 0.15) is 11.3 Å². The van der Waals surface area contributed by atoms with Crippen LogP contribution in [-0.2, 0) is 14.9 Å². The molecule has 7 heteroatoms. The Balaban J connectivity index is 1.77. The lowest BCUT2D eigenvalue weighted by atomic mass is 9.83. The molecule has 0 bridgehead atoms. The number of nitrogens with zero attached hydrogens (tertiary/aromatic N) is 1. The number of carbonyl (C=O) groups is 2. The van der Waals surface area contributed by atoms with Gasteiger partial charge in [0.2, 0.25) is 0 Å². The Morgan fingerprint density at radius 3 is 2.19 bits per heavy atom. The van der Waals surface area contributed by atoms with E-state index in [1.807, 2.05) is 30.1 Å². The summed E-state index contributed by atoms with van der Waals surface area (Å²) < 4.78 is 21.0. The van der Waals surface area contributed by atoms with Gasteiger partial charge < -0.3 is 23.8 Å². The highest BCUT2D eigenvalue weighted by atomic mass is 16.5. The summed E-state index contributed by atoms with van der Waals surface area (Å²) in [6.45, 7) is 3.74. The molecule has 0 saturated heterocycles. The molecule has 1 aliphatic rings. The van der Waals surface area contributed by atoms with Gasteiger partial charge in [-0.15, -0.1) is 0 Å². The van der Waals surface area contributed by atoms with Crippen LogP contribution < -0.4 is 19.1 Å². The van der Waals surface area contributed by atoms with Crippen LogP contribution in [0.15, 0.2) is 48.2 Å². The van der Waals surface area contributed by atoms with E-state index >= 15 is 0 Å². The fourth-order valence-electron chi connectivity index (χ4n) is 3.86. The van der Waals surface area contributed by atoms with E-state index in [1.54, 1.807) is 6.08 Å². The maximum atomic E-state index is 12.6. The van der Waals surface area contributed by atoms with Gasteiger partial charge in [0.05, 0.1) is 21.3 Å². The van der Waals surface area contributed by atoms with E-state index in [-0.39, 0.29) is 29.1 Å². The minimum absolute atomic E-state index is 0.145. The van der Waals surface area contributed by atoms with Crippen molar-refractivity contribution < 1.29 is 28.5 Å². The molecule has 0 radical (unpaired) electrons. The van der Waals surface area contributed by atoms with Crippen molar-refractivity contribution in [3.05, 3.63) is 59.3 Å². The zero-order valence-corrected chi connectivity index (χ0v) is 18.6. The van der Waals surface area contributed by atoms with Crippen molar-refractivity contribution in [3.63, 3.8) is 0 Å². The highest BCUT2D eigenvalue weighted by Crippen LogP contribution is 2.46. The first-order valence-corrected chi connectivity index (χ1v) is 9.80. The second kappa shape index (κ2) is 8.71. The molecule has 3 rings (SSSR count). The monoisotopic (exact) mass is 425 g/mol. The second-order valence-corrected chi connectivity index (χ2v) is 7.68. The van der Waals surface area contributed by atoms with Gasteiger partial charge >= 0.3 is 5.97 Å². The molecule has 0 aliphatic carbocycles. The number of ether oxygens (including phenoxy) is 4. The molecular formula is C24H27NO6. The zero-order valence-electron chi connectivity index (χ0n) is 18.6. The van der Waals surface area contributed by atoms with Gasteiger partial charge in [0, 0.05) is 42.1 Å². The molecule has 0 fully saturated rings. The van der Waals surface area contributed by atoms with Crippen molar-refractivity contribution in [2.45, 2.75) is 19.3 Å². The molecule has 2 aromatic carbocycles. The standard InChI is InChI=1S/C24H27NO6/c1-24(2)17-9-7-8-10-18(17)25(3)22(24)11-15(26)14-31-23(27)16-12-20(29-5)21(30-6)13-19(16)28-4/h7-13H,14H2,1-6H3/b22-11-. The Kier molecular flexibility index (Phi) is 6.24. The van der Waals surface area contributed by atoms with E-state index in [1.165, 1.54) is 33.5 Å². The van der Waals surface area contributed by atoms with Gasteiger partial charge in [-0.2, -0.15) is 0 Å². The van der Waals surface area contributed by atoms with Crippen molar-refractivity contribution in [1.82, 2.24) is 0 Å². The molecule has 0 aromatic heterocycles. The number of anilines is 1. The number of methoxy groups -OCH3 is 3. The lowest BCUT2D eigenvalue weighted by molar-refractivity contribution is -0.117. The molecule has 1 aliphatic heterocycles. The van der Waals surface area contributed by atoms with Gasteiger partial charge in [-0.05, 0) is 11.6 Å². The van der Waals surface area contributed by atoms with Crippen LogP contribution in [0.3, 0.4) is 0 Å². The number of para-hydroxylation sites is 1. The molecule has 31 heavy (non-hydrogen) atoms. The van der Waals surface area contributed by atoms with Crippen molar-refractivity contribution in [2.24, 2.45) is 0 Å². The fourth-order valence-corrected chi connectivity index (χ4v) is 3.86. The normalized spacial score (nSPS) is 15.4. The number of carbonyl (C=O) groups excluding carboxylic acids is 2. The summed E-state index contributed by atoms with van der Waals surface area (Å²) in [5.74, 6) is 0.0431. The van der Waals surface area contributed by atoms with Gasteiger partial charge in [0.25, 0.3) is 0 Å². The van der Waals surface area contributed by atoms with Gasteiger partial charge in [-0.25, -0.2) is 4.79 Å². The predicted molar refractivity (Wildman–Crippen MR) is 117 cm³/mol. The van der Waals surface area contributed by atoms with Crippen molar-refractivity contribution in [1.29, 1.82) is 0 Å². The van der Waals surface area contributed by atoms with E-state index in [4.69, 9.17) is 18.9 Å². The largest absolute Gasteiger partial charge is 0.496 e. The van der Waals surface area contributed by atoms with Crippen LogP contribution in [0.4, 0.5) is 5.69 Å². The Hall–Kier alpha value is -3.48. The first-order valence-electron chi connectivity index (χ1n) is 9.80. The summed E-state index contributed by atoms with van der Waals surface area (Å²) in [6, 6.07) is 11.0. The molecule has 1 heterocycles. The quantitative estimate of drug-likeness (QED) is 0.494. The number of rotatable bonds is 7. The summed E-state index contributed by atoms with van der Waals surface area (Å²) in [5.41, 5.74) is 2.85. The maximum absolute atomic E-state index is 12.6. The smallest absolute Gasteiger partial charge is 0.342 e. The second-order valence-electron chi connectivity index (χ2n) is 7.68. The summed E-state index contributed by atoms with van der Waals surface area (Å²) in [7, 11) is 6.31. The first-order chi connectivity index (χ1) is 14.7.